The minimum Gasteiger partial charge on any atom is -0.394 e. The van der Waals surface area contributed by atoms with E-state index in [1.165, 1.54) is 19.3 Å². The Morgan fingerprint density at radius 3 is 1.57 bits per heavy atom. The molecule has 0 aliphatic heterocycles. The zero-order valence-electron chi connectivity index (χ0n) is 15.0. The summed E-state index contributed by atoms with van der Waals surface area (Å²) in [6, 6.07) is 0. The highest BCUT2D eigenvalue weighted by Crippen LogP contribution is 2.07. The van der Waals surface area contributed by atoms with E-state index in [0.29, 0.717) is 65.4 Å². The van der Waals surface area contributed by atoms with Gasteiger partial charge in [0.1, 0.15) is 0 Å². The molecule has 140 valence electrons. The third-order valence-corrected chi connectivity index (χ3v) is 3.18. The van der Waals surface area contributed by atoms with E-state index in [0.717, 1.165) is 6.61 Å². The van der Waals surface area contributed by atoms with Crippen molar-refractivity contribution in [2.75, 3.05) is 72.7 Å². The number of rotatable bonds is 19. The maximum atomic E-state index is 8.51. The molecular weight excluding hydrogens is 300 g/mol. The zero-order valence-corrected chi connectivity index (χ0v) is 15.0. The normalized spacial score (nSPS) is 12.7. The van der Waals surface area contributed by atoms with E-state index < -0.39 is 0 Å². The quantitative estimate of drug-likeness (QED) is 0.363. The van der Waals surface area contributed by atoms with E-state index in [9.17, 15) is 0 Å². The third kappa shape index (κ3) is 19.7. The number of unbranched alkanes of at least 4 members (excludes halogenated alkanes) is 1. The summed E-state index contributed by atoms with van der Waals surface area (Å²) in [5.74, 6) is 0.632. The van der Waals surface area contributed by atoms with Crippen LogP contribution in [-0.4, -0.2) is 77.8 Å². The monoisotopic (exact) mass is 336 g/mol. The van der Waals surface area contributed by atoms with Crippen molar-refractivity contribution in [2.24, 2.45) is 5.92 Å². The van der Waals surface area contributed by atoms with Gasteiger partial charge in [-0.3, -0.25) is 0 Å². The van der Waals surface area contributed by atoms with E-state index >= 15 is 0 Å². The molecule has 0 aliphatic rings. The van der Waals surface area contributed by atoms with Crippen LogP contribution >= 0.6 is 0 Å². The summed E-state index contributed by atoms with van der Waals surface area (Å²) in [6.45, 7) is 10.2. The summed E-state index contributed by atoms with van der Waals surface area (Å²) >= 11 is 0. The number of hydrogen-bond donors (Lipinski definition) is 1. The average Bonchev–Trinajstić information content (AvgIpc) is 2.56. The van der Waals surface area contributed by atoms with Gasteiger partial charge >= 0.3 is 0 Å². The fourth-order valence-electron chi connectivity index (χ4n) is 1.86. The largest absolute Gasteiger partial charge is 0.394 e. The van der Waals surface area contributed by atoms with Gasteiger partial charge in [0, 0.05) is 6.61 Å². The van der Waals surface area contributed by atoms with E-state index in [1.54, 1.807) is 0 Å². The average molecular weight is 336 g/mol. The molecule has 6 nitrogen and oxygen atoms in total. The third-order valence-electron chi connectivity index (χ3n) is 3.18. The molecule has 0 bridgehead atoms. The Kier molecular flexibility index (Phi) is 19.6. The van der Waals surface area contributed by atoms with Crippen LogP contribution in [0.15, 0.2) is 0 Å². The van der Waals surface area contributed by atoms with Crippen molar-refractivity contribution in [1.29, 1.82) is 0 Å². The first kappa shape index (κ1) is 22.8. The first-order valence-electron chi connectivity index (χ1n) is 8.80. The molecule has 0 amide bonds. The minimum atomic E-state index is 0.0477. The van der Waals surface area contributed by atoms with Crippen LogP contribution in [0.2, 0.25) is 0 Å². The molecule has 0 fully saturated rings. The van der Waals surface area contributed by atoms with Gasteiger partial charge in [-0.05, 0) is 12.3 Å². The van der Waals surface area contributed by atoms with E-state index in [1.807, 2.05) is 0 Å². The lowest BCUT2D eigenvalue weighted by Gasteiger charge is -2.11. The molecule has 0 spiro atoms. The van der Waals surface area contributed by atoms with Crippen LogP contribution in [0.4, 0.5) is 0 Å². The molecule has 0 rings (SSSR count). The summed E-state index contributed by atoms with van der Waals surface area (Å²) < 4.78 is 26.8. The van der Waals surface area contributed by atoms with E-state index in [4.69, 9.17) is 28.8 Å². The lowest BCUT2D eigenvalue weighted by atomic mass is 10.1. The second-order valence-electron chi connectivity index (χ2n) is 5.50. The number of ether oxygens (including phenoxy) is 5. The van der Waals surface area contributed by atoms with Gasteiger partial charge in [0.2, 0.25) is 0 Å². The first-order valence-corrected chi connectivity index (χ1v) is 8.80. The van der Waals surface area contributed by atoms with Crippen LogP contribution in [0.5, 0.6) is 0 Å². The molecule has 0 saturated carbocycles. The van der Waals surface area contributed by atoms with Gasteiger partial charge in [0.15, 0.2) is 0 Å². The number of hydrogen-bond acceptors (Lipinski definition) is 6. The highest BCUT2D eigenvalue weighted by atomic mass is 16.6. The molecule has 6 heteroatoms. The molecule has 0 aromatic carbocycles. The Morgan fingerprint density at radius 1 is 0.696 bits per heavy atom. The molecule has 0 saturated heterocycles. The van der Waals surface area contributed by atoms with Crippen LogP contribution in [0.1, 0.15) is 33.1 Å². The molecule has 23 heavy (non-hydrogen) atoms. The molecule has 0 aromatic rings. The van der Waals surface area contributed by atoms with Crippen molar-refractivity contribution in [3.8, 4) is 0 Å². The molecule has 1 N–H and O–H groups in total. The fraction of sp³-hybridized carbons (Fsp3) is 1.00. The van der Waals surface area contributed by atoms with Crippen molar-refractivity contribution in [3.63, 3.8) is 0 Å². The summed E-state index contributed by atoms with van der Waals surface area (Å²) in [4.78, 5) is 0. The SMILES string of the molecule is CCCCC(C)COCCOCCOCCOCCOCCO. The van der Waals surface area contributed by atoms with Gasteiger partial charge in [-0.2, -0.15) is 0 Å². The molecule has 0 radical (unpaired) electrons. The maximum Gasteiger partial charge on any atom is 0.0701 e. The minimum absolute atomic E-state index is 0.0477. The first-order chi connectivity index (χ1) is 11.3. The Balaban J connectivity index is 3.02. The lowest BCUT2D eigenvalue weighted by molar-refractivity contribution is -0.0152. The van der Waals surface area contributed by atoms with Crippen molar-refractivity contribution in [1.82, 2.24) is 0 Å². The van der Waals surface area contributed by atoms with Crippen molar-refractivity contribution >= 4 is 0 Å². The summed E-state index contributed by atoms with van der Waals surface area (Å²) in [7, 11) is 0. The molecular formula is C17H36O6. The van der Waals surface area contributed by atoms with Crippen LogP contribution in [0.3, 0.4) is 0 Å². The van der Waals surface area contributed by atoms with Gasteiger partial charge in [-0.1, -0.05) is 26.7 Å². The summed E-state index contributed by atoms with van der Waals surface area (Å²) in [6.07, 6.45) is 3.76. The Bertz CT molecular complexity index is 215. The van der Waals surface area contributed by atoms with E-state index in [-0.39, 0.29) is 6.61 Å². The maximum absolute atomic E-state index is 8.51. The predicted octanol–water partition coefficient (Wildman–Crippen LogP) is 1.89. The lowest BCUT2D eigenvalue weighted by Crippen LogP contribution is -2.14. The fourth-order valence-corrected chi connectivity index (χ4v) is 1.86. The van der Waals surface area contributed by atoms with Crippen molar-refractivity contribution in [3.05, 3.63) is 0 Å². The van der Waals surface area contributed by atoms with Crippen molar-refractivity contribution < 1.29 is 28.8 Å². The van der Waals surface area contributed by atoms with Gasteiger partial charge in [-0.15, -0.1) is 0 Å². The molecule has 1 atom stereocenters. The Hall–Kier alpha value is -0.240. The van der Waals surface area contributed by atoms with Gasteiger partial charge in [0.05, 0.1) is 66.1 Å². The highest BCUT2D eigenvalue weighted by Gasteiger charge is 2.01. The van der Waals surface area contributed by atoms with Crippen LogP contribution in [0.25, 0.3) is 0 Å². The Morgan fingerprint density at radius 2 is 1.13 bits per heavy atom. The molecule has 0 aromatic heterocycles. The van der Waals surface area contributed by atoms with E-state index in [2.05, 4.69) is 13.8 Å². The second-order valence-corrected chi connectivity index (χ2v) is 5.50. The Labute approximate surface area is 141 Å². The topological polar surface area (TPSA) is 66.4 Å². The number of aliphatic hydroxyl groups is 1. The van der Waals surface area contributed by atoms with Crippen molar-refractivity contribution in [2.45, 2.75) is 33.1 Å². The van der Waals surface area contributed by atoms with Crippen LogP contribution in [-0.2, 0) is 23.7 Å². The van der Waals surface area contributed by atoms with Gasteiger partial charge in [-0.25, -0.2) is 0 Å². The molecule has 0 aliphatic carbocycles. The summed E-state index contributed by atoms with van der Waals surface area (Å²) in [5, 5.41) is 8.51. The van der Waals surface area contributed by atoms with Gasteiger partial charge in [0.25, 0.3) is 0 Å². The van der Waals surface area contributed by atoms with Gasteiger partial charge < -0.3 is 28.8 Å². The molecule has 1 unspecified atom stereocenters. The second kappa shape index (κ2) is 19.8. The van der Waals surface area contributed by atoms with Crippen LogP contribution in [0, 0.1) is 5.92 Å². The highest BCUT2D eigenvalue weighted by molar-refractivity contribution is 4.50. The zero-order chi connectivity index (χ0) is 17.0. The number of aliphatic hydroxyl groups excluding tert-OH is 1. The predicted molar refractivity (Wildman–Crippen MR) is 89.9 cm³/mol. The van der Waals surface area contributed by atoms with Crippen LogP contribution < -0.4 is 0 Å². The summed E-state index contributed by atoms with van der Waals surface area (Å²) in [5.41, 5.74) is 0. The molecule has 0 heterocycles. The smallest absolute Gasteiger partial charge is 0.0701 e. The standard InChI is InChI=1S/C17H36O6/c1-3-4-5-17(2)16-23-15-14-22-13-12-21-11-10-20-9-8-19-7-6-18/h17-18H,3-16H2,1-2H3.